The number of fused-ring (bicyclic) bond motifs is 1. The van der Waals surface area contributed by atoms with E-state index in [2.05, 4.69) is 22.4 Å². The first-order valence-electron chi connectivity index (χ1n) is 6.09. The van der Waals surface area contributed by atoms with Gasteiger partial charge in [0, 0.05) is 13.1 Å². The first-order valence-corrected chi connectivity index (χ1v) is 6.09. The number of aromatic nitrogens is 3. The minimum Gasteiger partial charge on any atom is -0.487 e. The van der Waals surface area contributed by atoms with Crippen LogP contribution in [-0.4, -0.2) is 15.0 Å². The van der Waals surface area contributed by atoms with Crippen molar-refractivity contribution in [3.63, 3.8) is 0 Å². The highest BCUT2D eigenvalue weighted by Gasteiger charge is 2.19. The van der Waals surface area contributed by atoms with Crippen LogP contribution in [0.15, 0.2) is 24.4 Å². The Kier molecular flexibility index (Phi) is 2.76. The van der Waals surface area contributed by atoms with Crippen molar-refractivity contribution in [2.75, 3.05) is 0 Å². The molecule has 0 spiro atoms. The molecule has 1 atom stereocenters. The fraction of sp³-hybridized carbons (Fsp3) is 0.385. The topological polar surface area (TPSA) is 66.0 Å². The molecule has 5 heteroatoms. The highest BCUT2D eigenvalue weighted by atomic mass is 16.5. The summed E-state index contributed by atoms with van der Waals surface area (Å²) in [5.74, 6) is 0.869. The van der Waals surface area contributed by atoms with E-state index in [-0.39, 0.29) is 6.04 Å². The molecule has 1 aromatic carbocycles. The van der Waals surface area contributed by atoms with Gasteiger partial charge >= 0.3 is 0 Å². The third kappa shape index (κ3) is 2.09. The van der Waals surface area contributed by atoms with Gasteiger partial charge in [-0.05, 0) is 36.1 Å². The van der Waals surface area contributed by atoms with Gasteiger partial charge in [-0.3, -0.25) is 4.68 Å². The highest BCUT2D eigenvalue weighted by Crippen LogP contribution is 2.31. The van der Waals surface area contributed by atoms with Crippen molar-refractivity contribution in [2.24, 2.45) is 12.8 Å². The van der Waals surface area contributed by atoms with Gasteiger partial charge in [-0.1, -0.05) is 11.3 Å². The summed E-state index contributed by atoms with van der Waals surface area (Å²) < 4.78 is 7.38. The lowest BCUT2D eigenvalue weighted by Crippen LogP contribution is -2.05. The van der Waals surface area contributed by atoms with Crippen LogP contribution in [-0.2, 0) is 20.1 Å². The Balaban J connectivity index is 1.70. The SMILES string of the molecule is Cn1cc(COc2ccc3c(c2)CCC3N)nn1. The smallest absolute Gasteiger partial charge is 0.134 e. The maximum Gasteiger partial charge on any atom is 0.134 e. The Hall–Kier alpha value is -1.88. The quantitative estimate of drug-likeness (QED) is 0.884. The summed E-state index contributed by atoms with van der Waals surface area (Å²) in [5, 5.41) is 7.85. The summed E-state index contributed by atoms with van der Waals surface area (Å²) in [5.41, 5.74) is 9.39. The summed E-state index contributed by atoms with van der Waals surface area (Å²) in [7, 11) is 1.84. The van der Waals surface area contributed by atoms with Crippen molar-refractivity contribution >= 4 is 0 Å². The van der Waals surface area contributed by atoms with Crippen LogP contribution in [0.4, 0.5) is 0 Å². The molecule has 3 rings (SSSR count). The van der Waals surface area contributed by atoms with Gasteiger partial charge in [0.25, 0.3) is 0 Å². The second-order valence-electron chi connectivity index (χ2n) is 4.68. The van der Waals surface area contributed by atoms with Crippen LogP contribution >= 0.6 is 0 Å². The van der Waals surface area contributed by atoms with Crippen LogP contribution < -0.4 is 10.5 Å². The van der Waals surface area contributed by atoms with E-state index in [1.807, 2.05) is 19.3 Å². The molecule has 1 aromatic heterocycles. The normalized spacial score (nSPS) is 17.8. The molecule has 0 fully saturated rings. The molecule has 2 N–H and O–H groups in total. The third-order valence-corrected chi connectivity index (χ3v) is 3.28. The van der Waals surface area contributed by atoms with Gasteiger partial charge in [0.15, 0.2) is 0 Å². The van der Waals surface area contributed by atoms with Crippen molar-refractivity contribution in [3.8, 4) is 5.75 Å². The van der Waals surface area contributed by atoms with E-state index in [9.17, 15) is 0 Å². The number of hydrogen-bond acceptors (Lipinski definition) is 4. The van der Waals surface area contributed by atoms with E-state index in [0.29, 0.717) is 6.61 Å². The summed E-state index contributed by atoms with van der Waals surface area (Å²) in [6.45, 7) is 0.443. The Morgan fingerprint density at radius 2 is 2.39 bits per heavy atom. The summed E-state index contributed by atoms with van der Waals surface area (Å²) in [6, 6.07) is 6.31. The summed E-state index contributed by atoms with van der Waals surface area (Å²) in [6.07, 6.45) is 3.92. The standard InChI is InChI=1S/C13H16N4O/c1-17-7-10(15-16-17)8-18-11-3-4-12-9(6-11)2-5-13(12)14/h3-4,6-7,13H,2,5,8,14H2,1H3. The molecular formula is C13H16N4O. The zero-order valence-electron chi connectivity index (χ0n) is 10.3. The molecule has 18 heavy (non-hydrogen) atoms. The molecule has 1 aliphatic rings. The summed E-state index contributed by atoms with van der Waals surface area (Å²) in [4.78, 5) is 0. The Bertz CT molecular complexity index is 564. The monoisotopic (exact) mass is 244 g/mol. The molecule has 0 amide bonds. The molecule has 0 saturated heterocycles. The number of ether oxygens (including phenoxy) is 1. The van der Waals surface area contributed by atoms with Crippen molar-refractivity contribution in [1.29, 1.82) is 0 Å². The minimum absolute atomic E-state index is 0.189. The third-order valence-electron chi connectivity index (χ3n) is 3.28. The first-order chi connectivity index (χ1) is 8.72. The predicted molar refractivity (Wildman–Crippen MR) is 67.0 cm³/mol. The molecular weight excluding hydrogens is 228 g/mol. The van der Waals surface area contributed by atoms with E-state index in [1.54, 1.807) is 4.68 Å². The molecule has 0 radical (unpaired) electrons. The number of benzene rings is 1. The number of nitrogens with two attached hydrogens (primary N) is 1. The van der Waals surface area contributed by atoms with Gasteiger partial charge in [0.05, 0.1) is 6.20 Å². The zero-order chi connectivity index (χ0) is 12.5. The minimum atomic E-state index is 0.189. The van der Waals surface area contributed by atoms with E-state index in [1.165, 1.54) is 11.1 Å². The van der Waals surface area contributed by atoms with Crippen molar-refractivity contribution < 1.29 is 4.74 Å². The van der Waals surface area contributed by atoms with E-state index < -0.39 is 0 Å². The van der Waals surface area contributed by atoms with Crippen molar-refractivity contribution in [1.82, 2.24) is 15.0 Å². The molecule has 1 aliphatic carbocycles. The Labute approximate surface area is 106 Å². The molecule has 0 bridgehead atoms. The van der Waals surface area contributed by atoms with Gasteiger partial charge in [0.2, 0.25) is 0 Å². The molecule has 1 unspecified atom stereocenters. The highest BCUT2D eigenvalue weighted by molar-refractivity contribution is 5.40. The fourth-order valence-electron chi connectivity index (χ4n) is 2.34. The van der Waals surface area contributed by atoms with E-state index in [0.717, 1.165) is 24.3 Å². The molecule has 0 saturated carbocycles. The number of aryl methyl sites for hydroxylation is 2. The lowest BCUT2D eigenvalue weighted by Gasteiger charge is -2.08. The summed E-state index contributed by atoms with van der Waals surface area (Å²) >= 11 is 0. The predicted octanol–water partition coefficient (Wildman–Crippen LogP) is 1.34. The van der Waals surface area contributed by atoms with Gasteiger partial charge < -0.3 is 10.5 Å². The average molecular weight is 244 g/mol. The van der Waals surface area contributed by atoms with Gasteiger partial charge in [-0.2, -0.15) is 0 Å². The van der Waals surface area contributed by atoms with E-state index >= 15 is 0 Å². The van der Waals surface area contributed by atoms with Gasteiger partial charge in [-0.25, -0.2) is 0 Å². The average Bonchev–Trinajstić information content (AvgIpc) is 2.94. The van der Waals surface area contributed by atoms with Crippen LogP contribution in [0.1, 0.15) is 29.3 Å². The number of nitrogens with zero attached hydrogens (tertiary/aromatic N) is 3. The second kappa shape index (κ2) is 4.42. The van der Waals surface area contributed by atoms with Gasteiger partial charge in [-0.15, -0.1) is 5.10 Å². The number of hydrogen-bond donors (Lipinski definition) is 1. The number of rotatable bonds is 3. The van der Waals surface area contributed by atoms with Crippen LogP contribution in [0.25, 0.3) is 0 Å². The van der Waals surface area contributed by atoms with E-state index in [4.69, 9.17) is 10.5 Å². The molecule has 2 aromatic rings. The maximum absolute atomic E-state index is 6.00. The van der Waals surface area contributed by atoms with Crippen LogP contribution in [0.2, 0.25) is 0 Å². The fourth-order valence-corrected chi connectivity index (χ4v) is 2.34. The molecule has 1 heterocycles. The Morgan fingerprint density at radius 3 is 3.17 bits per heavy atom. The Morgan fingerprint density at radius 1 is 1.50 bits per heavy atom. The van der Waals surface area contributed by atoms with Crippen molar-refractivity contribution in [3.05, 3.63) is 41.2 Å². The lowest BCUT2D eigenvalue weighted by atomic mass is 10.1. The van der Waals surface area contributed by atoms with Gasteiger partial charge in [0.1, 0.15) is 18.1 Å². The van der Waals surface area contributed by atoms with Crippen molar-refractivity contribution in [2.45, 2.75) is 25.5 Å². The first kappa shape index (κ1) is 11.2. The van der Waals surface area contributed by atoms with Crippen LogP contribution in [0.5, 0.6) is 5.75 Å². The van der Waals surface area contributed by atoms with Crippen LogP contribution in [0.3, 0.4) is 0 Å². The zero-order valence-corrected chi connectivity index (χ0v) is 10.3. The molecule has 5 nitrogen and oxygen atoms in total. The maximum atomic E-state index is 6.00. The largest absolute Gasteiger partial charge is 0.487 e. The second-order valence-corrected chi connectivity index (χ2v) is 4.68. The van der Waals surface area contributed by atoms with Crippen LogP contribution in [0, 0.1) is 0 Å². The molecule has 0 aliphatic heterocycles. The lowest BCUT2D eigenvalue weighted by molar-refractivity contribution is 0.301. The molecule has 94 valence electrons.